The molecule has 13 heavy (non-hydrogen) atoms. The van der Waals surface area contributed by atoms with Crippen molar-refractivity contribution in [3.05, 3.63) is 32.5 Å². The Labute approximate surface area is 93.9 Å². The van der Waals surface area contributed by atoms with Gasteiger partial charge in [0.05, 0.1) is 4.70 Å². The van der Waals surface area contributed by atoms with Crippen molar-refractivity contribution in [2.75, 3.05) is 0 Å². The molecule has 2 aromatic rings. The first-order chi connectivity index (χ1) is 6.24. The van der Waals surface area contributed by atoms with Gasteiger partial charge in [0.25, 0.3) is 0 Å². The zero-order valence-corrected chi connectivity index (χ0v) is 10.1. The van der Waals surface area contributed by atoms with Gasteiger partial charge in [0.2, 0.25) is 0 Å². The van der Waals surface area contributed by atoms with Gasteiger partial charge in [-0.2, -0.15) is 0 Å². The molecule has 0 unspecified atom stereocenters. The van der Waals surface area contributed by atoms with Crippen molar-refractivity contribution < 1.29 is 4.39 Å². The number of fused-ring (bicyclic) bond motifs is 1. The lowest BCUT2D eigenvalue weighted by Crippen LogP contribution is -1.75. The number of benzene rings is 1. The summed E-state index contributed by atoms with van der Waals surface area (Å²) in [5.74, 6) is -0.0971. The quantitative estimate of drug-likeness (QED) is 0.692. The molecule has 0 bridgehead atoms. The highest BCUT2D eigenvalue weighted by Crippen LogP contribution is 2.34. The zero-order valence-electron chi connectivity index (χ0n) is 7.10. The number of aryl methyl sites for hydroxylation is 1. The lowest BCUT2D eigenvalue weighted by atomic mass is 10.2. The molecule has 1 aromatic heterocycles. The Morgan fingerprint density at radius 3 is 2.85 bits per heavy atom. The molecule has 0 saturated carbocycles. The molecule has 1 aromatic carbocycles. The van der Waals surface area contributed by atoms with E-state index in [2.05, 4.69) is 29.5 Å². The summed E-state index contributed by atoms with van der Waals surface area (Å²) in [5.41, 5.74) is 0. The number of hydrogen-bond acceptors (Lipinski definition) is 1. The summed E-state index contributed by atoms with van der Waals surface area (Å²) in [6.07, 6.45) is 0.983. The molecule has 1 heterocycles. The van der Waals surface area contributed by atoms with Gasteiger partial charge < -0.3 is 0 Å². The Hall–Kier alpha value is -0.160. The van der Waals surface area contributed by atoms with Crippen LogP contribution in [0.5, 0.6) is 0 Å². The number of thiophene rings is 1. The maximum absolute atomic E-state index is 13.3. The molecule has 0 nitrogen and oxygen atoms in total. The van der Waals surface area contributed by atoms with Crippen molar-refractivity contribution in [2.45, 2.75) is 13.3 Å². The summed E-state index contributed by atoms with van der Waals surface area (Å²) in [6.45, 7) is 2.10. The van der Waals surface area contributed by atoms with E-state index >= 15 is 0 Å². The highest BCUT2D eigenvalue weighted by Gasteiger charge is 2.10. The summed E-state index contributed by atoms with van der Waals surface area (Å²) in [7, 11) is 0. The van der Waals surface area contributed by atoms with E-state index in [4.69, 9.17) is 0 Å². The standard InChI is InChI=1S/C10H8FIS/c1-2-8-9(12)6-4-3-5-7(11)10(6)13-8/h3-5H,2H2,1H3. The fourth-order valence-electron chi connectivity index (χ4n) is 1.33. The van der Waals surface area contributed by atoms with Crippen LogP contribution in [0.25, 0.3) is 10.1 Å². The molecule has 68 valence electrons. The number of rotatable bonds is 1. The third-order valence-corrected chi connectivity index (χ3v) is 4.95. The SMILES string of the molecule is CCc1sc2c(F)cccc2c1I. The molecule has 0 aliphatic heterocycles. The van der Waals surface area contributed by atoms with Gasteiger partial charge in [-0.3, -0.25) is 0 Å². The minimum Gasteiger partial charge on any atom is -0.205 e. The topological polar surface area (TPSA) is 0 Å². The molecule has 0 amide bonds. The first kappa shape index (κ1) is 9.40. The second-order valence-electron chi connectivity index (χ2n) is 2.81. The van der Waals surface area contributed by atoms with Crippen LogP contribution in [0.2, 0.25) is 0 Å². The molecule has 0 atom stereocenters. The highest BCUT2D eigenvalue weighted by atomic mass is 127. The average Bonchev–Trinajstić information content (AvgIpc) is 2.45. The Kier molecular flexibility index (Phi) is 2.55. The first-order valence-electron chi connectivity index (χ1n) is 4.09. The van der Waals surface area contributed by atoms with Gasteiger partial charge >= 0.3 is 0 Å². The molecule has 3 heteroatoms. The van der Waals surface area contributed by atoms with Crippen molar-refractivity contribution in [2.24, 2.45) is 0 Å². The normalized spacial score (nSPS) is 11.0. The third-order valence-electron chi connectivity index (χ3n) is 1.99. The Morgan fingerprint density at radius 2 is 2.23 bits per heavy atom. The van der Waals surface area contributed by atoms with E-state index in [0.29, 0.717) is 0 Å². The summed E-state index contributed by atoms with van der Waals surface area (Å²) >= 11 is 3.86. The van der Waals surface area contributed by atoms with Crippen molar-refractivity contribution in [3.63, 3.8) is 0 Å². The Balaban J connectivity index is 2.83. The molecule has 0 N–H and O–H groups in total. The van der Waals surface area contributed by atoms with Crippen LogP contribution in [0.4, 0.5) is 4.39 Å². The molecule has 2 rings (SSSR count). The lowest BCUT2D eigenvalue weighted by Gasteiger charge is -1.90. The zero-order chi connectivity index (χ0) is 9.42. The van der Waals surface area contributed by atoms with Crippen LogP contribution < -0.4 is 0 Å². The van der Waals surface area contributed by atoms with Crippen LogP contribution >= 0.6 is 33.9 Å². The van der Waals surface area contributed by atoms with E-state index in [1.807, 2.05) is 6.07 Å². The minimum atomic E-state index is -0.0971. The van der Waals surface area contributed by atoms with E-state index in [9.17, 15) is 4.39 Å². The number of halogens is 2. The predicted octanol–water partition coefficient (Wildman–Crippen LogP) is 4.21. The number of hydrogen-bond donors (Lipinski definition) is 0. The second kappa shape index (κ2) is 3.53. The molecule has 0 saturated heterocycles. The van der Waals surface area contributed by atoms with Crippen LogP contribution in [0.3, 0.4) is 0 Å². The fourth-order valence-corrected chi connectivity index (χ4v) is 3.71. The van der Waals surface area contributed by atoms with Gasteiger partial charge in [0.15, 0.2) is 0 Å². The van der Waals surface area contributed by atoms with E-state index in [1.165, 1.54) is 14.5 Å². The fraction of sp³-hybridized carbons (Fsp3) is 0.200. The summed E-state index contributed by atoms with van der Waals surface area (Å²) < 4.78 is 15.3. The van der Waals surface area contributed by atoms with Gasteiger partial charge in [-0.25, -0.2) is 4.39 Å². The van der Waals surface area contributed by atoms with Crippen molar-refractivity contribution in [1.82, 2.24) is 0 Å². The smallest absolute Gasteiger partial charge is 0.141 e. The first-order valence-corrected chi connectivity index (χ1v) is 5.99. The molecule has 0 aliphatic carbocycles. The Bertz CT molecular complexity index is 447. The summed E-state index contributed by atoms with van der Waals surface area (Å²) in [5, 5.41) is 1.06. The van der Waals surface area contributed by atoms with Gasteiger partial charge in [-0.05, 0) is 35.1 Å². The van der Waals surface area contributed by atoms with E-state index < -0.39 is 0 Å². The maximum atomic E-state index is 13.3. The monoisotopic (exact) mass is 306 g/mol. The third kappa shape index (κ3) is 1.48. The molecule has 0 aliphatic rings. The van der Waals surface area contributed by atoms with Crippen LogP contribution in [-0.4, -0.2) is 0 Å². The molecular weight excluding hydrogens is 298 g/mol. The molecular formula is C10H8FIS. The molecule has 0 fully saturated rings. The Morgan fingerprint density at radius 1 is 1.46 bits per heavy atom. The summed E-state index contributed by atoms with van der Waals surface area (Å²) in [6, 6.07) is 5.27. The van der Waals surface area contributed by atoms with Crippen LogP contribution in [-0.2, 0) is 6.42 Å². The maximum Gasteiger partial charge on any atom is 0.141 e. The highest BCUT2D eigenvalue weighted by molar-refractivity contribution is 14.1. The lowest BCUT2D eigenvalue weighted by molar-refractivity contribution is 0.641. The minimum absolute atomic E-state index is 0.0971. The molecule has 0 radical (unpaired) electrons. The predicted molar refractivity (Wildman–Crippen MR) is 63.9 cm³/mol. The van der Waals surface area contributed by atoms with E-state index in [1.54, 1.807) is 17.4 Å². The van der Waals surface area contributed by atoms with Crippen molar-refractivity contribution >= 4 is 44.0 Å². The van der Waals surface area contributed by atoms with Crippen molar-refractivity contribution in [3.8, 4) is 0 Å². The van der Waals surface area contributed by atoms with Gasteiger partial charge in [-0.1, -0.05) is 19.1 Å². The second-order valence-corrected chi connectivity index (χ2v) is 4.99. The van der Waals surface area contributed by atoms with E-state index in [0.717, 1.165) is 16.5 Å². The van der Waals surface area contributed by atoms with Gasteiger partial charge in [0, 0.05) is 13.8 Å². The van der Waals surface area contributed by atoms with Crippen LogP contribution in [0.1, 0.15) is 11.8 Å². The van der Waals surface area contributed by atoms with Gasteiger partial charge in [-0.15, -0.1) is 11.3 Å². The largest absolute Gasteiger partial charge is 0.205 e. The molecule has 0 spiro atoms. The average molecular weight is 306 g/mol. The van der Waals surface area contributed by atoms with Crippen LogP contribution in [0, 0.1) is 9.39 Å². The van der Waals surface area contributed by atoms with Gasteiger partial charge in [0.1, 0.15) is 5.82 Å². The van der Waals surface area contributed by atoms with E-state index in [-0.39, 0.29) is 5.82 Å². The summed E-state index contributed by atoms with van der Waals surface area (Å²) in [4.78, 5) is 1.28. The van der Waals surface area contributed by atoms with Crippen LogP contribution in [0.15, 0.2) is 18.2 Å². The van der Waals surface area contributed by atoms with Crippen molar-refractivity contribution in [1.29, 1.82) is 0 Å².